The average molecular weight is 389 g/mol. The first-order valence-corrected chi connectivity index (χ1v) is 9.41. The number of aromatic nitrogens is 1. The number of benzene rings is 2. The Morgan fingerprint density at radius 3 is 2.62 bits per heavy atom. The summed E-state index contributed by atoms with van der Waals surface area (Å²) >= 11 is 0. The van der Waals surface area contributed by atoms with Crippen LogP contribution in [-0.2, 0) is 11.4 Å². The van der Waals surface area contributed by atoms with Gasteiger partial charge in [0.25, 0.3) is 5.91 Å². The molecule has 2 aromatic carbocycles. The minimum Gasteiger partial charge on any atom is -0.390 e. The molecule has 0 bridgehead atoms. The van der Waals surface area contributed by atoms with Gasteiger partial charge in [-0.05, 0) is 29.8 Å². The standard InChI is InChI=1S/C23H20FN3O2/c24-21-11-5-4-10-20(21)23(28)27(15-17-7-2-1-3-8-17)16-19-13-22(26-29-19)18-9-6-12-25-14-18/h1-12,14,19H,13,15-16H2. The molecule has 0 N–H and O–H groups in total. The number of nitrogens with zero attached hydrogens (tertiary/aromatic N) is 3. The molecule has 1 amide bonds. The van der Waals surface area contributed by atoms with Crippen LogP contribution in [0.25, 0.3) is 0 Å². The lowest BCUT2D eigenvalue weighted by molar-refractivity contribution is 0.0402. The first kappa shape index (κ1) is 18.8. The highest BCUT2D eigenvalue weighted by Crippen LogP contribution is 2.20. The number of hydrogen-bond donors (Lipinski definition) is 0. The van der Waals surface area contributed by atoms with E-state index in [1.807, 2.05) is 42.5 Å². The summed E-state index contributed by atoms with van der Waals surface area (Å²) in [5.41, 5.74) is 2.70. The Hall–Kier alpha value is -3.54. The second kappa shape index (κ2) is 8.65. The van der Waals surface area contributed by atoms with Crippen LogP contribution >= 0.6 is 0 Å². The molecule has 0 radical (unpaired) electrons. The van der Waals surface area contributed by atoms with Gasteiger partial charge in [-0.25, -0.2) is 4.39 Å². The fourth-order valence-corrected chi connectivity index (χ4v) is 3.30. The van der Waals surface area contributed by atoms with Gasteiger partial charge in [-0.1, -0.05) is 47.6 Å². The van der Waals surface area contributed by atoms with Crippen LogP contribution in [-0.4, -0.2) is 34.2 Å². The fourth-order valence-electron chi connectivity index (χ4n) is 3.30. The van der Waals surface area contributed by atoms with Crippen LogP contribution in [0.1, 0.15) is 27.9 Å². The molecule has 3 aromatic rings. The van der Waals surface area contributed by atoms with E-state index in [4.69, 9.17) is 4.84 Å². The van der Waals surface area contributed by atoms with Crippen molar-refractivity contribution >= 4 is 11.6 Å². The van der Waals surface area contributed by atoms with Crippen LogP contribution < -0.4 is 0 Å². The van der Waals surface area contributed by atoms with E-state index >= 15 is 0 Å². The van der Waals surface area contributed by atoms with Crippen molar-refractivity contribution in [2.45, 2.75) is 19.1 Å². The molecule has 1 aromatic heterocycles. The number of rotatable bonds is 6. The third-order valence-electron chi connectivity index (χ3n) is 4.76. The molecule has 146 valence electrons. The Labute approximate surface area is 168 Å². The van der Waals surface area contributed by atoms with E-state index in [-0.39, 0.29) is 17.6 Å². The smallest absolute Gasteiger partial charge is 0.257 e. The van der Waals surface area contributed by atoms with Crippen LogP contribution in [0.3, 0.4) is 0 Å². The molecular formula is C23H20FN3O2. The van der Waals surface area contributed by atoms with Crippen molar-refractivity contribution in [2.24, 2.45) is 5.16 Å². The quantitative estimate of drug-likeness (QED) is 0.639. The highest BCUT2D eigenvalue weighted by Gasteiger charge is 2.28. The SMILES string of the molecule is O=C(c1ccccc1F)N(Cc1ccccc1)CC1CC(c2cccnc2)=NO1. The molecule has 2 heterocycles. The Morgan fingerprint density at radius 1 is 1.07 bits per heavy atom. The average Bonchev–Trinajstić information content (AvgIpc) is 3.23. The molecule has 1 atom stereocenters. The monoisotopic (exact) mass is 389 g/mol. The largest absolute Gasteiger partial charge is 0.390 e. The van der Waals surface area contributed by atoms with E-state index in [2.05, 4.69) is 10.1 Å². The van der Waals surface area contributed by atoms with Gasteiger partial charge in [0.15, 0.2) is 6.10 Å². The molecule has 0 saturated heterocycles. The lowest BCUT2D eigenvalue weighted by Crippen LogP contribution is -2.37. The van der Waals surface area contributed by atoms with Crippen LogP contribution in [0, 0.1) is 5.82 Å². The molecule has 6 heteroatoms. The number of halogens is 1. The van der Waals surface area contributed by atoms with Crippen molar-refractivity contribution in [3.8, 4) is 0 Å². The van der Waals surface area contributed by atoms with Crippen LogP contribution in [0.2, 0.25) is 0 Å². The van der Waals surface area contributed by atoms with E-state index in [1.54, 1.807) is 29.4 Å². The van der Waals surface area contributed by atoms with Crippen molar-refractivity contribution in [3.63, 3.8) is 0 Å². The van der Waals surface area contributed by atoms with Gasteiger partial charge >= 0.3 is 0 Å². The number of amides is 1. The molecule has 0 fully saturated rings. The van der Waals surface area contributed by atoms with Gasteiger partial charge in [-0.3, -0.25) is 9.78 Å². The molecule has 0 spiro atoms. The zero-order valence-electron chi connectivity index (χ0n) is 15.7. The summed E-state index contributed by atoms with van der Waals surface area (Å²) < 4.78 is 14.2. The van der Waals surface area contributed by atoms with Gasteiger partial charge in [-0.15, -0.1) is 0 Å². The number of carbonyl (C=O) groups is 1. The van der Waals surface area contributed by atoms with Crippen LogP contribution in [0.15, 0.2) is 84.3 Å². The number of pyridine rings is 1. The van der Waals surface area contributed by atoms with E-state index < -0.39 is 5.82 Å². The second-order valence-electron chi connectivity index (χ2n) is 6.86. The first-order chi connectivity index (χ1) is 14.2. The van der Waals surface area contributed by atoms with Gasteiger partial charge in [0.1, 0.15) is 5.82 Å². The molecule has 1 unspecified atom stereocenters. The first-order valence-electron chi connectivity index (χ1n) is 9.41. The summed E-state index contributed by atoms with van der Waals surface area (Å²) in [5, 5.41) is 4.16. The van der Waals surface area contributed by atoms with Gasteiger partial charge in [0.05, 0.1) is 17.8 Å². The lowest BCUT2D eigenvalue weighted by Gasteiger charge is -2.25. The number of oxime groups is 1. The topological polar surface area (TPSA) is 54.8 Å². The third kappa shape index (κ3) is 4.48. The van der Waals surface area contributed by atoms with Gasteiger partial charge in [-0.2, -0.15) is 0 Å². The third-order valence-corrected chi connectivity index (χ3v) is 4.76. The maximum Gasteiger partial charge on any atom is 0.257 e. The summed E-state index contributed by atoms with van der Waals surface area (Å²) in [6.07, 6.45) is 3.69. The molecule has 29 heavy (non-hydrogen) atoms. The highest BCUT2D eigenvalue weighted by atomic mass is 19.1. The zero-order valence-corrected chi connectivity index (χ0v) is 15.7. The molecule has 4 rings (SSSR count). The van der Waals surface area contributed by atoms with E-state index in [0.29, 0.717) is 19.5 Å². The predicted molar refractivity (Wildman–Crippen MR) is 108 cm³/mol. The molecule has 5 nitrogen and oxygen atoms in total. The summed E-state index contributed by atoms with van der Waals surface area (Å²) in [5.74, 6) is -0.902. The van der Waals surface area contributed by atoms with Gasteiger partial charge in [0.2, 0.25) is 0 Å². The number of carbonyl (C=O) groups excluding carboxylic acids is 1. The Bertz CT molecular complexity index is 1010. The Balaban J connectivity index is 1.52. The van der Waals surface area contributed by atoms with Gasteiger partial charge in [0, 0.05) is 30.9 Å². The summed E-state index contributed by atoms with van der Waals surface area (Å²) in [6.45, 7) is 0.658. The van der Waals surface area contributed by atoms with Crippen molar-refractivity contribution in [1.29, 1.82) is 0 Å². The summed E-state index contributed by atoms with van der Waals surface area (Å²) in [6, 6.07) is 19.4. The summed E-state index contributed by atoms with van der Waals surface area (Å²) in [4.78, 5) is 24.4. The van der Waals surface area contributed by atoms with Crippen molar-refractivity contribution in [1.82, 2.24) is 9.88 Å². The van der Waals surface area contributed by atoms with E-state index in [9.17, 15) is 9.18 Å². The molecule has 1 aliphatic heterocycles. The zero-order chi connectivity index (χ0) is 20.1. The predicted octanol–water partition coefficient (Wildman–Crippen LogP) is 4.06. The van der Waals surface area contributed by atoms with Crippen molar-refractivity contribution < 1.29 is 14.0 Å². The molecule has 1 aliphatic rings. The molecule has 0 saturated carbocycles. The lowest BCUT2D eigenvalue weighted by atomic mass is 10.1. The maximum atomic E-state index is 14.2. The van der Waals surface area contributed by atoms with Crippen molar-refractivity contribution in [2.75, 3.05) is 6.54 Å². The van der Waals surface area contributed by atoms with Crippen LogP contribution in [0.5, 0.6) is 0 Å². The Kier molecular flexibility index (Phi) is 5.61. The normalized spacial score (nSPS) is 15.5. The van der Waals surface area contributed by atoms with Gasteiger partial charge < -0.3 is 9.74 Å². The molecule has 0 aliphatic carbocycles. The summed E-state index contributed by atoms with van der Waals surface area (Å²) in [7, 11) is 0. The second-order valence-corrected chi connectivity index (χ2v) is 6.86. The van der Waals surface area contributed by atoms with E-state index in [1.165, 1.54) is 12.1 Å². The molecular weight excluding hydrogens is 369 g/mol. The fraction of sp³-hybridized carbons (Fsp3) is 0.174. The van der Waals surface area contributed by atoms with E-state index in [0.717, 1.165) is 16.8 Å². The minimum absolute atomic E-state index is 0.0508. The highest BCUT2D eigenvalue weighted by molar-refractivity contribution is 6.01. The minimum atomic E-state index is -0.532. The maximum absolute atomic E-state index is 14.2. The van der Waals surface area contributed by atoms with Crippen molar-refractivity contribution in [3.05, 3.63) is 102 Å². The van der Waals surface area contributed by atoms with Crippen LogP contribution in [0.4, 0.5) is 4.39 Å². The Morgan fingerprint density at radius 2 is 1.86 bits per heavy atom. The number of hydrogen-bond acceptors (Lipinski definition) is 4.